The molecule has 0 aliphatic rings. The molecular formula is C5H13O6P. The minimum absolute atomic E-state index is 0.0911. The molecular weight excluding hydrogens is 187 g/mol. The first kappa shape index (κ1) is 14.3. The lowest BCUT2D eigenvalue weighted by molar-refractivity contribution is 0.112. The average molecular weight is 200 g/mol. The van der Waals surface area contributed by atoms with E-state index < -0.39 is 7.82 Å². The molecule has 0 aromatic heterocycles. The summed E-state index contributed by atoms with van der Waals surface area (Å²) in [5.41, 5.74) is 0. The first-order valence-electron chi connectivity index (χ1n) is 2.99. The van der Waals surface area contributed by atoms with Gasteiger partial charge in [-0.2, -0.15) is 0 Å². The van der Waals surface area contributed by atoms with Crippen molar-refractivity contribution in [3.63, 3.8) is 0 Å². The van der Waals surface area contributed by atoms with Crippen molar-refractivity contribution in [3.8, 4) is 0 Å². The van der Waals surface area contributed by atoms with Crippen LogP contribution in [0.1, 0.15) is 0 Å². The van der Waals surface area contributed by atoms with Crippen molar-refractivity contribution >= 4 is 7.82 Å². The van der Waals surface area contributed by atoms with E-state index in [1.165, 1.54) is 0 Å². The molecule has 74 valence electrons. The van der Waals surface area contributed by atoms with E-state index in [4.69, 9.17) is 29.1 Å². The molecule has 0 amide bonds. The zero-order valence-corrected chi connectivity index (χ0v) is 7.35. The molecule has 0 spiro atoms. The summed E-state index contributed by atoms with van der Waals surface area (Å²) in [6.45, 7) is 4.45. The Balaban J connectivity index is 0. The molecule has 0 aliphatic heterocycles. The smallest absolute Gasteiger partial charge is 0.394 e. The van der Waals surface area contributed by atoms with E-state index in [0.29, 0.717) is 13.2 Å². The van der Waals surface area contributed by atoms with Crippen LogP contribution in [0.4, 0.5) is 0 Å². The van der Waals surface area contributed by atoms with Gasteiger partial charge in [-0.05, 0) is 0 Å². The maximum atomic E-state index is 8.88. The molecule has 0 saturated carbocycles. The van der Waals surface area contributed by atoms with Crippen LogP contribution in [0.3, 0.4) is 0 Å². The van der Waals surface area contributed by atoms with Crippen LogP contribution >= 0.6 is 7.82 Å². The van der Waals surface area contributed by atoms with Gasteiger partial charge in [-0.1, -0.05) is 6.08 Å². The fraction of sp³-hybridized carbons (Fsp3) is 0.600. The summed E-state index contributed by atoms with van der Waals surface area (Å²) >= 11 is 0. The van der Waals surface area contributed by atoms with Crippen LogP contribution in [0.25, 0.3) is 0 Å². The van der Waals surface area contributed by atoms with E-state index in [2.05, 4.69) is 6.58 Å². The van der Waals surface area contributed by atoms with Crippen LogP contribution in [0.2, 0.25) is 0 Å². The lowest BCUT2D eigenvalue weighted by Gasteiger charge is -1.92. The van der Waals surface area contributed by atoms with E-state index >= 15 is 0 Å². The standard InChI is InChI=1S/C5H10O2.H3O4P/c1-2-4-7-5-3-6;1-5(2,3)4/h2,6H,1,3-5H2;(H3,1,2,3,4). The number of rotatable bonds is 4. The number of aliphatic hydroxyl groups is 1. The molecule has 12 heavy (non-hydrogen) atoms. The highest BCUT2D eigenvalue weighted by Crippen LogP contribution is 2.25. The maximum absolute atomic E-state index is 8.88. The Morgan fingerprint density at radius 2 is 1.83 bits per heavy atom. The molecule has 0 aromatic rings. The highest BCUT2D eigenvalue weighted by atomic mass is 31.2. The summed E-state index contributed by atoms with van der Waals surface area (Å²) in [7, 11) is -4.64. The Kier molecular flexibility index (Phi) is 10.6. The third-order valence-electron chi connectivity index (χ3n) is 0.471. The van der Waals surface area contributed by atoms with Crippen molar-refractivity contribution in [2.24, 2.45) is 0 Å². The Morgan fingerprint density at radius 3 is 2.08 bits per heavy atom. The predicted octanol–water partition coefficient (Wildman–Crippen LogP) is -0.747. The van der Waals surface area contributed by atoms with Crippen molar-refractivity contribution in [1.82, 2.24) is 0 Å². The van der Waals surface area contributed by atoms with Crippen LogP contribution in [-0.2, 0) is 9.30 Å². The monoisotopic (exact) mass is 200 g/mol. The number of ether oxygens (including phenoxy) is 1. The van der Waals surface area contributed by atoms with E-state index in [-0.39, 0.29) is 6.61 Å². The predicted molar refractivity (Wildman–Crippen MR) is 42.4 cm³/mol. The second-order valence-electron chi connectivity index (χ2n) is 1.60. The normalized spacial score (nSPS) is 10.0. The second kappa shape index (κ2) is 8.86. The van der Waals surface area contributed by atoms with Gasteiger partial charge in [0.15, 0.2) is 0 Å². The first-order valence-corrected chi connectivity index (χ1v) is 4.56. The second-order valence-corrected chi connectivity index (χ2v) is 2.63. The van der Waals surface area contributed by atoms with Gasteiger partial charge in [0.2, 0.25) is 0 Å². The summed E-state index contributed by atoms with van der Waals surface area (Å²) in [5.74, 6) is 0. The lowest BCUT2D eigenvalue weighted by Crippen LogP contribution is -1.97. The molecule has 0 aliphatic carbocycles. The molecule has 4 N–H and O–H groups in total. The maximum Gasteiger partial charge on any atom is 0.466 e. The third-order valence-corrected chi connectivity index (χ3v) is 0.471. The van der Waals surface area contributed by atoms with Crippen molar-refractivity contribution < 1.29 is 29.1 Å². The quantitative estimate of drug-likeness (QED) is 0.270. The van der Waals surface area contributed by atoms with Crippen LogP contribution in [0.5, 0.6) is 0 Å². The number of aliphatic hydroxyl groups excluding tert-OH is 1. The van der Waals surface area contributed by atoms with E-state index in [1.807, 2.05) is 0 Å². The molecule has 0 fully saturated rings. The number of phosphoric acid groups is 1. The summed E-state index contributed by atoms with van der Waals surface area (Å²) in [5, 5.41) is 8.13. The van der Waals surface area contributed by atoms with Gasteiger partial charge >= 0.3 is 7.82 Å². The Morgan fingerprint density at radius 1 is 1.42 bits per heavy atom. The van der Waals surface area contributed by atoms with Crippen molar-refractivity contribution in [2.45, 2.75) is 0 Å². The highest BCUT2D eigenvalue weighted by Gasteiger charge is 2.00. The van der Waals surface area contributed by atoms with Gasteiger partial charge in [0.05, 0.1) is 19.8 Å². The summed E-state index contributed by atoms with van der Waals surface area (Å²) in [4.78, 5) is 21.6. The molecule has 0 aromatic carbocycles. The average Bonchev–Trinajstić information content (AvgIpc) is 1.85. The summed E-state index contributed by atoms with van der Waals surface area (Å²) in [6, 6.07) is 0. The first-order chi connectivity index (χ1) is 5.41. The fourth-order valence-corrected chi connectivity index (χ4v) is 0.231. The van der Waals surface area contributed by atoms with Crippen molar-refractivity contribution in [2.75, 3.05) is 19.8 Å². The Bertz CT molecular complexity index is 133. The van der Waals surface area contributed by atoms with Gasteiger partial charge in [0.1, 0.15) is 0 Å². The van der Waals surface area contributed by atoms with Gasteiger partial charge in [0.25, 0.3) is 0 Å². The molecule has 7 heteroatoms. The van der Waals surface area contributed by atoms with Gasteiger partial charge in [-0.15, -0.1) is 6.58 Å². The van der Waals surface area contributed by atoms with Crippen LogP contribution in [-0.4, -0.2) is 39.6 Å². The molecule has 0 heterocycles. The molecule has 0 saturated heterocycles. The summed E-state index contributed by atoms with van der Waals surface area (Å²) in [6.07, 6.45) is 1.65. The fourth-order valence-electron chi connectivity index (χ4n) is 0.231. The molecule has 0 rings (SSSR count). The van der Waals surface area contributed by atoms with E-state index in [9.17, 15) is 0 Å². The SMILES string of the molecule is C=CCOCCO.O=P(O)(O)O. The van der Waals surface area contributed by atoms with Gasteiger partial charge in [0, 0.05) is 0 Å². The zero-order chi connectivity index (χ0) is 10.0. The van der Waals surface area contributed by atoms with Crippen molar-refractivity contribution in [1.29, 1.82) is 0 Å². The topological polar surface area (TPSA) is 107 Å². The van der Waals surface area contributed by atoms with Crippen molar-refractivity contribution in [3.05, 3.63) is 12.7 Å². The van der Waals surface area contributed by atoms with Crippen LogP contribution in [0.15, 0.2) is 12.7 Å². The molecule has 0 unspecified atom stereocenters. The third kappa shape index (κ3) is 52.9. The van der Waals surface area contributed by atoms with Crippen LogP contribution < -0.4 is 0 Å². The number of hydrogen-bond donors (Lipinski definition) is 4. The number of hydrogen-bond acceptors (Lipinski definition) is 3. The van der Waals surface area contributed by atoms with Gasteiger partial charge in [-0.3, -0.25) is 0 Å². The Hall–Kier alpha value is -0.230. The van der Waals surface area contributed by atoms with Gasteiger partial charge < -0.3 is 24.5 Å². The van der Waals surface area contributed by atoms with E-state index in [0.717, 1.165) is 0 Å². The Labute approximate surface area is 70.4 Å². The van der Waals surface area contributed by atoms with Gasteiger partial charge in [-0.25, -0.2) is 4.57 Å². The van der Waals surface area contributed by atoms with E-state index in [1.54, 1.807) is 6.08 Å². The minimum Gasteiger partial charge on any atom is -0.394 e. The molecule has 6 nitrogen and oxygen atoms in total. The largest absolute Gasteiger partial charge is 0.466 e. The minimum atomic E-state index is -4.64. The molecule has 0 radical (unpaired) electrons. The highest BCUT2D eigenvalue weighted by molar-refractivity contribution is 7.45. The summed E-state index contributed by atoms with van der Waals surface area (Å²) < 4.78 is 13.6. The molecule has 0 bridgehead atoms. The lowest BCUT2D eigenvalue weighted by atomic mass is 10.7. The zero-order valence-electron chi connectivity index (χ0n) is 6.46. The van der Waals surface area contributed by atoms with Crippen LogP contribution in [0, 0.1) is 0 Å². The molecule has 0 atom stereocenters.